The van der Waals surface area contributed by atoms with Crippen LogP contribution in [0.15, 0.2) is 42.0 Å². The van der Waals surface area contributed by atoms with Crippen molar-refractivity contribution in [3.63, 3.8) is 0 Å². The largest absolute Gasteiger partial charge is 0.378 e. The second-order valence-electron chi connectivity index (χ2n) is 4.58. The van der Waals surface area contributed by atoms with Gasteiger partial charge in [-0.3, -0.25) is 0 Å². The first kappa shape index (κ1) is 13.4. The summed E-state index contributed by atoms with van der Waals surface area (Å²) in [5.41, 5.74) is 3.14. The van der Waals surface area contributed by atoms with Crippen LogP contribution < -0.4 is 4.90 Å². The van der Waals surface area contributed by atoms with Crippen molar-refractivity contribution in [1.82, 2.24) is 0 Å². The lowest BCUT2D eigenvalue weighted by molar-refractivity contribution is 1.13. The minimum absolute atomic E-state index is 0.733. The quantitative estimate of drug-likeness (QED) is 0.771. The van der Waals surface area contributed by atoms with Crippen LogP contribution in [0.1, 0.15) is 11.8 Å². The van der Waals surface area contributed by atoms with Crippen LogP contribution in [0.5, 0.6) is 0 Å². The molecule has 0 atom stereocenters. The zero-order valence-electron chi connectivity index (χ0n) is 11.3. The minimum atomic E-state index is 0.733. The standard InChI is InChI=1S/C16H16N2S/c1-12(11-17)10-15-8-9-16(19-15)13-4-6-14(7-5-13)18(2)3/h4-10H,1-3H3/b12-10-. The van der Waals surface area contributed by atoms with Gasteiger partial charge in [0.25, 0.3) is 0 Å². The topological polar surface area (TPSA) is 27.0 Å². The SMILES string of the molecule is C/C(C#N)=C/c1ccc(-c2ccc(N(C)C)cc2)s1. The van der Waals surface area contributed by atoms with Crippen molar-refractivity contribution in [2.45, 2.75) is 6.92 Å². The average Bonchev–Trinajstić information content (AvgIpc) is 2.87. The van der Waals surface area contributed by atoms with Crippen LogP contribution in [0.3, 0.4) is 0 Å². The molecule has 1 heterocycles. The third-order valence-corrected chi connectivity index (χ3v) is 3.91. The molecule has 0 aliphatic rings. The van der Waals surface area contributed by atoms with Gasteiger partial charge in [0, 0.05) is 35.1 Å². The molecule has 3 heteroatoms. The Balaban J connectivity index is 2.26. The molecule has 0 amide bonds. The normalized spacial score (nSPS) is 11.2. The van der Waals surface area contributed by atoms with E-state index in [0.717, 1.165) is 10.5 Å². The van der Waals surface area contributed by atoms with Crippen molar-refractivity contribution < 1.29 is 0 Å². The van der Waals surface area contributed by atoms with Gasteiger partial charge in [-0.05, 0) is 42.8 Å². The highest BCUT2D eigenvalue weighted by Gasteiger charge is 2.02. The summed E-state index contributed by atoms with van der Waals surface area (Å²) in [5, 5.41) is 8.78. The second-order valence-corrected chi connectivity index (χ2v) is 5.70. The summed E-state index contributed by atoms with van der Waals surface area (Å²) < 4.78 is 0. The summed E-state index contributed by atoms with van der Waals surface area (Å²) in [6, 6.07) is 14.8. The molecule has 0 aliphatic carbocycles. The van der Waals surface area contributed by atoms with Crippen molar-refractivity contribution >= 4 is 23.1 Å². The summed E-state index contributed by atoms with van der Waals surface area (Å²) in [5.74, 6) is 0. The molecule has 0 radical (unpaired) electrons. The molecule has 0 unspecified atom stereocenters. The maximum Gasteiger partial charge on any atom is 0.0944 e. The first-order valence-corrected chi connectivity index (χ1v) is 6.88. The van der Waals surface area contributed by atoms with Gasteiger partial charge in [0.15, 0.2) is 0 Å². The highest BCUT2D eigenvalue weighted by atomic mass is 32.1. The Bertz CT molecular complexity index is 628. The van der Waals surface area contributed by atoms with Gasteiger partial charge in [0.2, 0.25) is 0 Å². The van der Waals surface area contributed by atoms with E-state index in [2.05, 4.69) is 47.4 Å². The monoisotopic (exact) mass is 268 g/mol. The smallest absolute Gasteiger partial charge is 0.0944 e. The highest BCUT2D eigenvalue weighted by molar-refractivity contribution is 7.16. The van der Waals surface area contributed by atoms with Crippen LogP contribution in [0.4, 0.5) is 5.69 Å². The summed E-state index contributed by atoms with van der Waals surface area (Å²) >= 11 is 1.70. The van der Waals surface area contributed by atoms with E-state index in [-0.39, 0.29) is 0 Å². The molecule has 0 saturated heterocycles. The number of benzene rings is 1. The van der Waals surface area contributed by atoms with E-state index in [1.165, 1.54) is 16.1 Å². The van der Waals surface area contributed by atoms with E-state index in [1.54, 1.807) is 11.3 Å². The Hall–Kier alpha value is -2.05. The molecule has 0 aliphatic heterocycles. The van der Waals surface area contributed by atoms with Crippen molar-refractivity contribution in [1.29, 1.82) is 5.26 Å². The summed E-state index contributed by atoms with van der Waals surface area (Å²) in [6.45, 7) is 1.82. The number of anilines is 1. The first-order valence-electron chi connectivity index (χ1n) is 6.06. The van der Waals surface area contributed by atoms with Gasteiger partial charge in [0.1, 0.15) is 0 Å². The molecule has 19 heavy (non-hydrogen) atoms. The van der Waals surface area contributed by atoms with E-state index in [9.17, 15) is 0 Å². The van der Waals surface area contributed by atoms with Crippen LogP contribution in [0.25, 0.3) is 16.5 Å². The van der Waals surface area contributed by atoms with Gasteiger partial charge < -0.3 is 4.90 Å². The van der Waals surface area contributed by atoms with Gasteiger partial charge in [-0.1, -0.05) is 12.1 Å². The predicted octanol–water partition coefficient (Wildman–Crippen LogP) is 4.41. The molecule has 96 valence electrons. The van der Waals surface area contributed by atoms with Crippen molar-refractivity contribution in [3.05, 3.63) is 46.8 Å². The van der Waals surface area contributed by atoms with Crippen molar-refractivity contribution in [3.8, 4) is 16.5 Å². The number of hydrogen-bond acceptors (Lipinski definition) is 3. The molecular weight excluding hydrogens is 252 g/mol. The Morgan fingerprint density at radius 1 is 1.16 bits per heavy atom. The molecular formula is C16H16N2S. The molecule has 0 N–H and O–H groups in total. The zero-order valence-corrected chi connectivity index (χ0v) is 12.2. The summed E-state index contributed by atoms with van der Waals surface area (Å²) in [7, 11) is 4.07. The van der Waals surface area contributed by atoms with Crippen LogP contribution in [-0.4, -0.2) is 14.1 Å². The van der Waals surface area contributed by atoms with Crippen molar-refractivity contribution in [2.75, 3.05) is 19.0 Å². The predicted molar refractivity (Wildman–Crippen MR) is 83.3 cm³/mol. The highest BCUT2D eigenvalue weighted by Crippen LogP contribution is 2.30. The third kappa shape index (κ3) is 3.24. The Morgan fingerprint density at radius 3 is 2.42 bits per heavy atom. The van der Waals surface area contributed by atoms with Gasteiger partial charge in [-0.15, -0.1) is 11.3 Å². The van der Waals surface area contributed by atoms with Crippen LogP contribution in [-0.2, 0) is 0 Å². The fourth-order valence-corrected chi connectivity index (χ4v) is 2.77. The molecule has 2 aromatic rings. The number of nitrogens with zero attached hydrogens (tertiary/aromatic N) is 2. The van der Waals surface area contributed by atoms with E-state index >= 15 is 0 Å². The van der Waals surface area contributed by atoms with E-state index in [1.807, 2.05) is 27.1 Å². The third-order valence-electron chi connectivity index (χ3n) is 2.83. The minimum Gasteiger partial charge on any atom is -0.378 e. The number of rotatable bonds is 3. The lowest BCUT2D eigenvalue weighted by Crippen LogP contribution is -2.07. The van der Waals surface area contributed by atoms with E-state index < -0.39 is 0 Å². The number of nitriles is 1. The average molecular weight is 268 g/mol. The fourth-order valence-electron chi connectivity index (χ4n) is 1.76. The Kier molecular flexibility index (Phi) is 4.03. The maximum absolute atomic E-state index is 8.78. The fraction of sp³-hybridized carbons (Fsp3) is 0.188. The number of hydrogen-bond donors (Lipinski definition) is 0. The Labute approximate surface area is 118 Å². The summed E-state index contributed by atoms with van der Waals surface area (Å²) in [4.78, 5) is 4.43. The first-order chi connectivity index (χ1) is 9.10. The lowest BCUT2D eigenvalue weighted by Gasteiger charge is -2.12. The van der Waals surface area contributed by atoms with Gasteiger partial charge in [0.05, 0.1) is 6.07 Å². The van der Waals surface area contributed by atoms with Gasteiger partial charge in [-0.25, -0.2) is 0 Å². The lowest BCUT2D eigenvalue weighted by atomic mass is 10.1. The molecule has 1 aromatic carbocycles. The van der Waals surface area contributed by atoms with Crippen LogP contribution >= 0.6 is 11.3 Å². The zero-order chi connectivity index (χ0) is 13.8. The molecule has 2 rings (SSSR count). The molecule has 0 saturated carbocycles. The van der Waals surface area contributed by atoms with Crippen molar-refractivity contribution in [2.24, 2.45) is 0 Å². The summed E-state index contributed by atoms with van der Waals surface area (Å²) in [6.07, 6.45) is 1.92. The number of allylic oxidation sites excluding steroid dienone is 1. The number of thiophene rings is 1. The van der Waals surface area contributed by atoms with E-state index in [4.69, 9.17) is 5.26 Å². The molecule has 2 nitrogen and oxygen atoms in total. The Morgan fingerprint density at radius 2 is 1.84 bits per heavy atom. The van der Waals surface area contributed by atoms with Gasteiger partial charge in [-0.2, -0.15) is 5.26 Å². The second kappa shape index (κ2) is 5.73. The molecule has 0 fully saturated rings. The molecule has 0 bridgehead atoms. The maximum atomic E-state index is 8.78. The van der Waals surface area contributed by atoms with Crippen LogP contribution in [0.2, 0.25) is 0 Å². The molecule has 0 spiro atoms. The van der Waals surface area contributed by atoms with Crippen LogP contribution in [0, 0.1) is 11.3 Å². The molecule has 1 aromatic heterocycles. The van der Waals surface area contributed by atoms with Gasteiger partial charge >= 0.3 is 0 Å². The van der Waals surface area contributed by atoms with E-state index in [0.29, 0.717) is 0 Å².